The zero-order valence-electron chi connectivity index (χ0n) is 9.10. The fraction of sp³-hybridized carbons (Fsp3) is 0. The number of carboxylic acids is 1. The average molecular weight is 320 g/mol. The Balaban J connectivity index is 2.36. The van der Waals surface area contributed by atoms with Gasteiger partial charge in [-0.2, -0.15) is 0 Å². The number of hydrogen-bond acceptors (Lipinski definition) is 4. The van der Waals surface area contributed by atoms with E-state index in [1.165, 1.54) is 24.3 Å². The minimum absolute atomic E-state index is 0.0104. The average Bonchev–Trinajstić information content (AvgIpc) is 2.36. The van der Waals surface area contributed by atoms with Crippen LogP contribution in [0.4, 0.5) is 0 Å². The topological polar surface area (TPSA) is 72.3 Å². The Hall–Kier alpha value is -1.56. The van der Waals surface area contributed by atoms with Crippen molar-refractivity contribution in [2.75, 3.05) is 0 Å². The van der Waals surface area contributed by atoms with Crippen LogP contribution in [0, 0.1) is 0 Å². The Labute approximate surface area is 122 Å². The van der Waals surface area contributed by atoms with Gasteiger partial charge >= 0.3 is 5.97 Å². The third-order valence-electron chi connectivity index (χ3n) is 2.08. The van der Waals surface area contributed by atoms with Crippen LogP contribution in [0.2, 0.25) is 15.3 Å². The van der Waals surface area contributed by atoms with Crippen LogP contribution < -0.4 is 4.74 Å². The van der Waals surface area contributed by atoms with Gasteiger partial charge in [-0.15, -0.1) is 10.2 Å². The van der Waals surface area contributed by atoms with Crippen molar-refractivity contribution in [1.29, 1.82) is 0 Å². The van der Waals surface area contributed by atoms with Crippen molar-refractivity contribution in [2.45, 2.75) is 0 Å². The van der Waals surface area contributed by atoms with Crippen molar-refractivity contribution >= 4 is 40.8 Å². The van der Waals surface area contributed by atoms with E-state index in [-0.39, 0.29) is 32.4 Å². The quantitative estimate of drug-likeness (QED) is 0.928. The summed E-state index contributed by atoms with van der Waals surface area (Å²) in [6, 6.07) is 5.55. The van der Waals surface area contributed by atoms with Gasteiger partial charge in [-0.3, -0.25) is 0 Å². The molecule has 0 fully saturated rings. The molecule has 1 aromatic heterocycles. The minimum atomic E-state index is -1.16. The first-order valence-electron chi connectivity index (χ1n) is 4.87. The number of ether oxygens (including phenoxy) is 1. The fourth-order valence-corrected chi connectivity index (χ4v) is 1.73. The van der Waals surface area contributed by atoms with Gasteiger partial charge in [0.1, 0.15) is 5.75 Å². The van der Waals surface area contributed by atoms with Crippen LogP contribution in [0.25, 0.3) is 0 Å². The highest BCUT2D eigenvalue weighted by Crippen LogP contribution is 2.30. The van der Waals surface area contributed by atoms with Gasteiger partial charge in [0.15, 0.2) is 16.1 Å². The van der Waals surface area contributed by atoms with Crippen LogP contribution in [0.15, 0.2) is 24.3 Å². The molecule has 0 bridgehead atoms. The zero-order chi connectivity index (χ0) is 14.0. The van der Waals surface area contributed by atoms with E-state index < -0.39 is 5.97 Å². The maximum Gasteiger partial charge on any atom is 0.337 e. The zero-order valence-corrected chi connectivity index (χ0v) is 11.4. The van der Waals surface area contributed by atoms with Crippen LogP contribution in [0.1, 0.15) is 10.4 Å². The predicted octanol–water partition coefficient (Wildman–Crippen LogP) is 3.93. The van der Waals surface area contributed by atoms with E-state index in [4.69, 9.17) is 44.6 Å². The number of nitrogens with zero attached hydrogens (tertiary/aromatic N) is 2. The summed E-state index contributed by atoms with van der Waals surface area (Å²) < 4.78 is 5.39. The lowest BCUT2D eigenvalue weighted by Gasteiger charge is -2.08. The Morgan fingerprint density at radius 3 is 2.58 bits per heavy atom. The van der Waals surface area contributed by atoms with Crippen molar-refractivity contribution in [3.05, 3.63) is 45.2 Å². The monoisotopic (exact) mass is 318 g/mol. The largest absolute Gasteiger partial charge is 0.478 e. The van der Waals surface area contributed by atoms with Gasteiger partial charge in [-0.05, 0) is 18.2 Å². The van der Waals surface area contributed by atoms with Crippen molar-refractivity contribution in [2.24, 2.45) is 0 Å². The number of hydrogen-bond donors (Lipinski definition) is 1. The molecule has 19 heavy (non-hydrogen) atoms. The van der Waals surface area contributed by atoms with Gasteiger partial charge in [0, 0.05) is 6.07 Å². The number of carboxylic acid groups (broad SMARTS) is 1. The lowest BCUT2D eigenvalue weighted by Crippen LogP contribution is -1.98. The van der Waals surface area contributed by atoms with E-state index in [1.807, 2.05) is 0 Å². The lowest BCUT2D eigenvalue weighted by atomic mass is 10.2. The van der Waals surface area contributed by atoms with E-state index >= 15 is 0 Å². The van der Waals surface area contributed by atoms with E-state index in [2.05, 4.69) is 10.2 Å². The van der Waals surface area contributed by atoms with Gasteiger partial charge in [0.05, 0.1) is 10.6 Å². The number of aromatic carboxylic acids is 1. The third kappa shape index (κ3) is 3.26. The van der Waals surface area contributed by atoms with E-state index in [0.717, 1.165) is 0 Å². The van der Waals surface area contributed by atoms with Crippen LogP contribution in [0.3, 0.4) is 0 Å². The molecule has 0 saturated carbocycles. The second-order valence-corrected chi connectivity index (χ2v) is 4.52. The maximum absolute atomic E-state index is 10.9. The Morgan fingerprint density at radius 1 is 1.16 bits per heavy atom. The molecule has 0 saturated heterocycles. The van der Waals surface area contributed by atoms with Crippen molar-refractivity contribution < 1.29 is 14.6 Å². The summed E-state index contributed by atoms with van der Waals surface area (Å²) in [5, 5.41) is 16.3. The number of carbonyl (C=O) groups is 1. The Kier molecular flexibility index (Phi) is 4.09. The van der Waals surface area contributed by atoms with Gasteiger partial charge in [-0.1, -0.05) is 34.8 Å². The molecule has 0 unspecified atom stereocenters. The molecule has 0 radical (unpaired) electrons. The van der Waals surface area contributed by atoms with Crippen molar-refractivity contribution in [3.8, 4) is 11.5 Å². The molecule has 0 atom stereocenters. The Morgan fingerprint density at radius 2 is 1.89 bits per heavy atom. The smallest absolute Gasteiger partial charge is 0.337 e. The van der Waals surface area contributed by atoms with Gasteiger partial charge in [0.25, 0.3) is 0 Å². The molecular weight excluding hydrogens is 314 g/mol. The summed E-state index contributed by atoms with van der Waals surface area (Å²) in [4.78, 5) is 10.9. The molecule has 1 N–H and O–H groups in total. The molecule has 0 aliphatic rings. The van der Waals surface area contributed by atoms with Crippen molar-refractivity contribution in [1.82, 2.24) is 10.2 Å². The van der Waals surface area contributed by atoms with Gasteiger partial charge < -0.3 is 9.84 Å². The minimum Gasteiger partial charge on any atom is -0.478 e. The van der Waals surface area contributed by atoms with E-state index in [1.54, 1.807) is 0 Å². The van der Waals surface area contributed by atoms with E-state index in [0.29, 0.717) is 0 Å². The van der Waals surface area contributed by atoms with Crippen molar-refractivity contribution in [3.63, 3.8) is 0 Å². The summed E-state index contributed by atoms with van der Waals surface area (Å²) >= 11 is 17.2. The maximum atomic E-state index is 10.9. The van der Waals surface area contributed by atoms with Gasteiger partial charge in [-0.25, -0.2) is 4.79 Å². The SMILES string of the molecule is O=C(O)c1cc(Oc2cc(Cl)nnc2Cl)ccc1Cl. The molecule has 5 nitrogen and oxygen atoms in total. The molecule has 0 aliphatic heterocycles. The molecule has 0 aliphatic carbocycles. The van der Waals surface area contributed by atoms with Gasteiger partial charge in [0.2, 0.25) is 0 Å². The number of benzene rings is 1. The molecule has 2 rings (SSSR count). The summed E-state index contributed by atoms with van der Waals surface area (Å²) in [6.07, 6.45) is 0. The normalized spacial score (nSPS) is 10.3. The first-order chi connectivity index (χ1) is 8.97. The molecule has 98 valence electrons. The highest BCUT2D eigenvalue weighted by Gasteiger charge is 2.12. The number of aromatic nitrogens is 2. The highest BCUT2D eigenvalue weighted by molar-refractivity contribution is 6.33. The second kappa shape index (κ2) is 5.61. The molecule has 1 heterocycles. The lowest BCUT2D eigenvalue weighted by molar-refractivity contribution is 0.0696. The first-order valence-corrected chi connectivity index (χ1v) is 6.00. The van der Waals surface area contributed by atoms with Crippen LogP contribution in [0.5, 0.6) is 11.5 Å². The second-order valence-electron chi connectivity index (χ2n) is 3.37. The molecule has 8 heteroatoms. The summed E-state index contributed by atoms with van der Waals surface area (Å²) in [5.74, 6) is -0.750. The molecule has 0 spiro atoms. The Bertz CT molecular complexity index is 649. The summed E-state index contributed by atoms with van der Waals surface area (Å²) in [7, 11) is 0. The van der Waals surface area contributed by atoms with Crippen LogP contribution in [-0.2, 0) is 0 Å². The van der Waals surface area contributed by atoms with Crippen LogP contribution >= 0.6 is 34.8 Å². The first kappa shape index (κ1) is 13.9. The fourth-order valence-electron chi connectivity index (χ4n) is 1.27. The molecule has 0 amide bonds. The highest BCUT2D eigenvalue weighted by atomic mass is 35.5. The standard InChI is InChI=1S/C11H5Cl3N2O3/c12-7-2-1-5(3-6(7)11(17)18)19-8-4-9(13)15-16-10(8)14/h1-4H,(H,17,18). The van der Waals surface area contributed by atoms with Crippen LogP contribution in [-0.4, -0.2) is 21.3 Å². The van der Waals surface area contributed by atoms with E-state index in [9.17, 15) is 4.79 Å². The summed E-state index contributed by atoms with van der Waals surface area (Å²) in [6.45, 7) is 0. The molecule has 2 aromatic rings. The number of halogens is 3. The summed E-state index contributed by atoms with van der Waals surface area (Å²) in [5.41, 5.74) is -0.0802. The molecule has 1 aromatic carbocycles. The predicted molar refractivity (Wildman–Crippen MR) is 70.5 cm³/mol. The molecular formula is C11H5Cl3N2O3. The third-order valence-corrected chi connectivity index (χ3v) is 2.86. The number of rotatable bonds is 3.